The van der Waals surface area contributed by atoms with E-state index in [-0.39, 0.29) is 30.0 Å². The van der Waals surface area contributed by atoms with Gasteiger partial charge in [0.25, 0.3) is 0 Å². The molecule has 0 aromatic heterocycles. The van der Waals surface area contributed by atoms with Gasteiger partial charge in [-0.25, -0.2) is 0 Å². The SMILES string of the molecule is CC(CCO)NC(=O)C1CC1c1ccccc1C(F)(F)F. The number of nitrogens with one attached hydrogen (secondary N) is 1. The predicted octanol–water partition coefficient (Wildman–Crippen LogP) is 2.70. The Labute approximate surface area is 121 Å². The molecule has 1 aromatic rings. The monoisotopic (exact) mass is 301 g/mol. The molecule has 3 nitrogen and oxygen atoms in total. The highest BCUT2D eigenvalue weighted by Gasteiger charge is 2.47. The zero-order chi connectivity index (χ0) is 15.6. The molecule has 2 N–H and O–H groups in total. The average Bonchev–Trinajstić information content (AvgIpc) is 3.18. The molecule has 3 atom stereocenters. The van der Waals surface area contributed by atoms with E-state index in [1.165, 1.54) is 12.1 Å². The van der Waals surface area contributed by atoms with Crippen LogP contribution in [0.25, 0.3) is 0 Å². The molecule has 0 bridgehead atoms. The van der Waals surface area contributed by atoms with Gasteiger partial charge in [0.2, 0.25) is 5.91 Å². The Balaban J connectivity index is 2.05. The lowest BCUT2D eigenvalue weighted by Crippen LogP contribution is -2.34. The Morgan fingerprint density at radius 3 is 2.71 bits per heavy atom. The second-order valence-electron chi connectivity index (χ2n) is 5.46. The molecule has 21 heavy (non-hydrogen) atoms. The lowest BCUT2D eigenvalue weighted by atomic mass is 10.0. The van der Waals surface area contributed by atoms with Crippen molar-refractivity contribution in [1.82, 2.24) is 5.32 Å². The van der Waals surface area contributed by atoms with Gasteiger partial charge in [-0.05, 0) is 37.3 Å². The van der Waals surface area contributed by atoms with Gasteiger partial charge < -0.3 is 10.4 Å². The molecule has 0 saturated heterocycles. The van der Waals surface area contributed by atoms with Gasteiger partial charge in [-0.1, -0.05) is 18.2 Å². The molecule has 1 fully saturated rings. The maximum absolute atomic E-state index is 12.9. The first-order valence-electron chi connectivity index (χ1n) is 6.92. The summed E-state index contributed by atoms with van der Waals surface area (Å²) >= 11 is 0. The number of hydrogen-bond acceptors (Lipinski definition) is 2. The molecular weight excluding hydrogens is 283 g/mol. The number of benzene rings is 1. The molecule has 0 spiro atoms. The van der Waals surface area contributed by atoms with Gasteiger partial charge in [-0.3, -0.25) is 4.79 Å². The zero-order valence-corrected chi connectivity index (χ0v) is 11.7. The summed E-state index contributed by atoms with van der Waals surface area (Å²) in [5.74, 6) is -1.02. The van der Waals surface area contributed by atoms with Crippen LogP contribution in [0.4, 0.5) is 13.2 Å². The van der Waals surface area contributed by atoms with E-state index < -0.39 is 17.7 Å². The summed E-state index contributed by atoms with van der Waals surface area (Å²) < 4.78 is 38.8. The van der Waals surface area contributed by atoms with Gasteiger partial charge in [0.05, 0.1) is 5.56 Å². The Morgan fingerprint density at radius 1 is 1.43 bits per heavy atom. The van der Waals surface area contributed by atoms with E-state index in [2.05, 4.69) is 5.32 Å². The number of carbonyl (C=O) groups is 1. The Hall–Kier alpha value is -1.56. The molecule has 1 aliphatic rings. The molecule has 1 saturated carbocycles. The summed E-state index contributed by atoms with van der Waals surface area (Å²) in [6, 6.07) is 5.23. The van der Waals surface area contributed by atoms with E-state index in [0.29, 0.717) is 12.8 Å². The normalized spacial score (nSPS) is 22.7. The number of alkyl halides is 3. The van der Waals surface area contributed by atoms with Crippen molar-refractivity contribution in [2.45, 2.75) is 37.9 Å². The number of aliphatic hydroxyl groups excluding tert-OH is 1. The molecular formula is C15H18F3NO2. The van der Waals surface area contributed by atoms with Crippen LogP contribution in [-0.4, -0.2) is 23.7 Å². The van der Waals surface area contributed by atoms with Crippen LogP contribution in [-0.2, 0) is 11.0 Å². The van der Waals surface area contributed by atoms with Crippen molar-refractivity contribution in [2.75, 3.05) is 6.61 Å². The summed E-state index contributed by atoms with van der Waals surface area (Å²) in [6.07, 6.45) is -3.53. The smallest absolute Gasteiger partial charge is 0.396 e. The van der Waals surface area contributed by atoms with Crippen LogP contribution >= 0.6 is 0 Å². The maximum atomic E-state index is 12.9. The van der Waals surface area contributed by atoms with E-state index in [0.717, 1.165) is 6.07 Å². The summed E-state index contributed by atoms with van der Waals surface area (Å²) in [6.45, 7) is 1.72. The fourth-order valence-electron chi connectivity index (χ4n) is 2.52. The minimum atomic E-state index is -4.40. The molecule has 1 aliphatic carbocycles. The molecule has 0 heterocycles. The van der Waals surface area contributed by atoms with Crippen LogP contribution in [0.3, 0.4) is 0 Å². The van der Waals surface area contributed by atoms with Crippen molar-refractivity contribution in [3.63, 3.8) is 0 Å². The van der Waals surface area contributed by atoms with Crippen molar-refractivity contribution in [3.8, 4) is 0 Å². The summed E-state index contributed by atoms with van der Waals surface area (Å²) in [4.78, 5) is 12.0. The first kappa shape index (κ1) is 15.8. The Kier molecular flexibility index (Phi) is 4.56. The van der Waals surface area contributed by atoms with Gasteiger partial charge >= 0.3 is 6.18 Å². The molecule has 0 aliphatic heterocycles. The molecule has 2 rings (SSSR count). The van der Waals surface area contributed by atoms with Crippen LogP contribution < -0.4 is 5.32 Å². The first-order chi connectivity index (χ1) is 9.84. The lowest BCUT2D eigenvalue weighted by molar-refractivity contribution is -0.138. The highest BCUT2D eigenvalue weighted by Crippen LogP contribution is 2.51. The quantitative estimate of drug-likeness (QED) is 0.878. The summed E-state index contributed by atoms with van der Waals surface area (Å²) in [7, 11) is 0. The fraction of sp³-hybridized carbons (Fsp3) is 0.533. The third-order valence-corrected chi connectivity index (χ3v) is 3.74. The third-order valence-electron chi connectivity index (χ3n) is 3.74. The van der Waals surface area contributed by atoms with E-state index in [9.17, 15) is 18.0 Å². The van der Waals surface area contributed by atoms with Gasteiger partial charge in [0.15, 0.2) is 0 Å². The zero-order valence-electron chi connectivity index (χ0n) is 11.7. The van der Waals surface area contributed by atoms with Crippen molar-refractivity contribution in [3.05, 3.63) is 35.4 Å². The Bertz CT molecular complexity index is 516. The van der Waals surface area contributed by atoms with Crippen LogP contribution in [0.5, 0.6) is 0 Å². The van der Waals surface area contributed by atoms with E-state index in [1.54, 1.807) is 13.0 Å². The van der Waals surface area contributed by atoms with Crippen LogP contribution in [0.15, 0.2) is 24.3 Å². The Morgan fingerprint density at radius 2 is 2.10 bits per heavy atom. The largest absolute Gasteiger partial charge is 0.416 e. The van der Waals surface area contributed by atoms with Crippen molar-refractivity contribution in [2.24, 2.45) is 5.92 Å². The summed E-state index contributed by atoms with van der Waals surface area (Å²) in [5, 5.41) is 11.5. The maximum Gasteiger partial charge on any atom is 0.416 e. The standard InChI is InChI=1S/C15H18F3NO2/c1-9(6-7-20)19-14(21)12-8-11(12)10-4-2-3-5-13(10)15(16,17)18/h2-5,9,11-12,20H,6-8H2,1H3,(H,19,21). The topological polar surface area (TPSA) is 49.3 Å². The van der Waals surface area contributed by atoms with Gasteiger partial charge in [0.1, 0.15) is 0 Å². The minimum Gasteiger partial charge on any atom is -0.396 e. The van der Waals surface area contributed by atoms with Crippen molar-refractivity contribution in [1.29, 1.82) is 0 Å². The van der Waals surface area contributed by atoms with Crippen molar-refractivity contribution < 1.29 is 23.1 Å². The number of aliphatic hydroxyl groups is 1. The summed E-state index contributed by atoms with van der Waals surface area (Å²) in [5.41, 5.74) is -0.464. The molecule has 1 amide bonds. The highest BCUT2D eigenvalue weighted by atomic mass is 19.4. The van der Waals surface area contributed by atoms with Crippen LogP contribution in [0.2, 0.25) is 0 Å². The molecule has 6 heteroatoms. The number of rotatable bonds is 5. The van der Waals surface area contributed by atoms with Gasteiger partial charge in [0, 0.05) is 18.6 Å². The first-order valence-corrected chi connectivity index (χ1v) is 6.92. The second kappa shape index (κ2) is 6.05. The van der Waals surface area contributed by atoms with E-state index in [4.69, 9.17) is 5.11 Å². The minimum absolute atomic E-state index is 0.0353. The molecule has 3 unspecified atom stereocenters. The molecule has 0 radical (unpaired) electrons. The van der Waals surface area contributed by atoms with Gasteiger partial charge in [-0.2, -0.15) is 13.2 Å². The van der Waals surface area contributed by atoms with E-state index >= 15 is 0 Å². The second-order valence-corrected chi connectivity index (χ2v) is 5.46. The predicted molar refractivity (Wildman–Crippen MR) is 71.6 cm³/mol. The average molecular weight is 301 g/mol. The highest BCUT2D eigenvalue weighted by molar-refractivity contribution is 5.83. The van der Waals surface area contributed by atoms with Crippen LogP contribution in [0, 0.1) is 5.92 Å². The third kappa shape index (κ3) is 3.75. The number of amides is 1. The van der Waals surface area contributed by atoms with Crippen molar-refractivity contribution >= 4 is 5.91 Å². The number of hydrogen-bond donors (Lipinski definition) is 2. The van der Waals surface area contributed by atoms with Crippen LogP contribution in [0.1, 0.15) is 36.8 Å². The number of halogens is 3. The molecule has 116 valence electrons. The molecule has 1 aromatic carbocycles. The fourth-order valence-corrected chi connectivity index (χ4v) is 2.52. The van der Waals surface area contributed by atoms with Gasteiger partial charge in [-0.15, -0.1) is 0 Å². The lowest BCUT2D eigenvalue weighted by Gasteiger charge is -2.14. The van der Waals surface area contributed by atoms with E-state index in [1.807, 2.05) is 0 Å². The number of carbonyl (C=O) groups excluding carboxylic acids is 1.